The van der Waals surface area contributed by atoms with E-state index in [9.17, 15) is 19.6 Å². The minimum Gasteiger partial charge on any atom is -0.444 e. The molecule has 8 nitrogen and oxygen atoms in total. The third-order valence-corrected chi connectivity index (χ3v) is 5.01. The number of amides is 3. The Hall–Kier alpha value is -3.08. The molecule has 2 N–H and O–H groups in total. The summed E-state index contributed by atoms with van der Waals surface area (Å²) in [6, 6.07) is 7.56. The summed E-state index contributed by atoms with van der Waals surface area (Å²) in [6.07, 6.45) is 0.269. The SMILES string of the molecule is CC1(NC(=O)OC(C)(C)C)CN(c2ccc(C3CCC(=O)NC3=O)cc2C#N)C1. The molecule has 0 saturated carbocycles. The summed E-state index contributed by atoms with van der Waals surface area (Å²) in [7, 11) is 0. The van der Waals surface area contributed by atoms with Crippen LogP contribution in [0.25, 0.3) is 0 Å². The van der Waals surface area contributed by atoms with Gasteiger partial charge in [-0.15, -0.1) is 0 Å². The van der Waals surface area contributed by atoms with Crippen molar-refractivity contribution in [3.05, 3.63) is 29.3 Å². The highest BCUT2D eigenvalue weighted by Gasteiger charge is 2.42. The lowest BCUT2D eigenvalue weighted by atomic mass is 9.87. The van der Waals surface area contributed by atoms with Gasteiger partial charge in [0, 0.05) is 19.5 Å². The molecular weight excluding hydrogens is 372 g/mol. The number of imide groups is 1. The smallest absolute Gasteiger partial charge is 0.408 e. The Morgan fingerprint density at radius 1 is 1.34 bits per heavy atom. The molecule has 154 valence electrons. The zero-order valence-corrected chi connectivity index (χ0v) is 17.2. The average molecular weight is 398 g/mol. The minimum absolute atomic E-state index is 0.263. The van der Waals surface area contributed by atoms with Gasteiger partial charge in [0.2, 0.25) is 11.8 Å². The van der Waals surface area contributed by atoms with Gasteiger partial charge in [-0.3, -0.25) is 14.9 Å². The Morgan fingerprint density at radius 2 is 2.03 bits per heavy atom. The molecule has 1 aromatic rings. The number of piperidine rings is 1. The van der Waals surface area contributed by atoms with E-state index in [0.29, 0.717) is 31.5 Å². The van der Waals surface area contributed by atoms with E-state index in [4.69, 9.17) is 4.74 Å². The molecule has 29 heavy (non-hydrogen) atoms. The van der Waals surface area contributed by atoms with Crippen LogP contribution < -0.4 is 15.5 Å². The second kappa shape index (κ2) is 7.39. The highest BCUT2D eigenvalue weighted by Crippen LogP contribution is 2.33. The number of carbonyl (C=O) groups is 3. The summed E-state index contributed by atoms with van der Waals surface area (Å²) in [4.78, 5) is 37.5. The molecule has 3 rings (SSSR count). The maximum absolute atomic E-state index is 12.1. The predicted octanol–water partition coefficient (Wildman–Crippen LogP) is 2.18. The second-order valence-electron chi connectivity index (χ2n) is 8.94. The molecule has 3 amide bonds. The fraction of sp³-hybridized carbons (Fsp3) is 0.524. The van der Waals surface area contributed by atoms with E-state index in [1.54, 1.807) is 6.07 Å². The van der Waals surface area contributed by atoms with E-state index in [-0.39, 0.29) is 11.8 Å². The van der Waals surface area contributed by atoms with Crippen LogP contribution in [0.2, 0.25) is 0 Å². The second-order valence-corrected chi connectivity index (χ2v) is 8.94. The maximum Gasteiger partial charge on any atom is 0.408 e. The number of anilines is 1. The van der Waals surface area contributed by atoms with Gasteiger partial charge in [0.25, 0.3) is 0 Å². The largest absolute Gasteiger partial charge is 0.444 e. The number of nitriles is 1. The van der Waals surface area contributed by atoms with Crippen molar-refractivity contribution in [2.45, 2.75) is 57.6 Å². The Kier molecular flexibility index (Phi) is 5.26. The standard InChI is InChI=1S/C21H26N4O4/c1-20(2,3)29-19(28)24-21(4)11-25(12-21)16-7-5-13(9-14(16)10-22)15-6-8-17(26)23-18(15)27/h5,7,9,15H,6,8,11-12H2,1-4H3,(H,24,28)(H,23,26,27). The quantitative estimate of drug-likeness (QED) is 0.755. The third-order valence-electron chi connectivity index (χ3n) is 5.01. The highest BCUT2D eigenvalue weighted by molar-refractivity contribution is 6.01. The summed E-state index contributed by atoms with van der Waals surface area (Å²) < 4.78 is 5.31. The molecule has 2 heterocycles. The van der Waals surface area contributed by atoms with Crippen LogP contribution >= 0.6 is 0 Å². The fourth-order valence-corrected chi connectivity index (χ4v) is 3.74. The van der Waals surface area contributed by atoms with Crippen LogP contribution in [0.15, 0.2) is 18.2 Å². The van der Waals surface area contributed by atoms with Gasteiger partial charge in [-0.25, -0.2) is 4.79 Å². The van der Waals surface area contributed by atoms with E-state index in [1.807, 2.05) is 44.7 Å². The summed E-state index contributed by atoms with van der Waals surface area (Å²) in [5.74, 6) is -1.01. The van der Waals surface area contributed by atoms with Crippen molar-refractivity contribution in [3.63, 3.8) is 0 Å². The molecule has 8 heteroatoms. The van der Waals surface area contributed by atoms with Crippen LogP contribution in [0.3, 0.4) is 0 Å². The van der Waals surface area contributed by atoms with Gasteiger partial charge in [-0.05, 0) is 51.8 Å². The van der Waals surface area contributed by atoms with Crippen molar-refractivity contribution in [1.29, 1.82) is 5.26 Å². The van der Waals surface area contributed by atoms with Gasteiger partial charge in [-0.2, -0.15) is 5.26 Å². The summed E-state index contributed by atoms with van der Waals surface area (Å²) in [5.41, 5.74) is 0.935. The average Bonchev–Trinajstić information content (AvgIpc) is 2.57. The number of benzene rings is 1. The number of hydrogen-bond donors (Lipinski definition) is 2. The molecule has 2 saturated heterocycles. The van der Waals surface area contributed by atoms with Crippen LogP contribution in [0.5, 0.6) is 0 Å². The lowest BCUT2D eigenvalue weighted by Gasteiger charge is -2.49. The Balaban J connectivity index is 1.68. The lowest BCUT2D eigenvalue weighted by molar-refractivity contribution is -0.134. The van der Waals surface area contributed by atoms with E-state index < -0.39 is 23.2 Å². The molecule has 0 aromatic heterocycles. The van der Waals surface area contributed by atoms with Crippen molar-refractivity contribution in [2.75, 3.05) is 18.0 Å². The lowest BCUT2D eigenvalue weighted by Crippen LogP contribution is -2.69. The Morgan fingerprint density at radius 3 is 2.62 bits per heavy atom. The first-order valence-electron chi connectivity index (χ1n) is 9.63. The summed E-state index contributed by atoms with van der Waals surface area (Å²) >= 11 is 0. The third kappa shape index (κ3) is 4.67. The van der Waals surface area contributed by atoms with Crippen LogP contribution in [0.1, 0.15) is 57.6 Å². The summed E-state index contributed by atoms with van der Waals surface area (Å²) in [6.45, 7) is 8.44. The minimum atomic E-state index is -0.566. The maximum atomic E-state index is 12.1. The first-order valence-corrected chi connectivity index (χ1v) is 9.63. The van der Waals surface area contributed by atoms with Gasteiger partial charge in [0.15, 0.2) is 0 Å². The van der Waals surface area contributed by atoms with E-state index in [0.717, 1.165) is 11.3 Å². The van der Waals surface area contributed by atoms with E-state index in [2.05, 4.69) is 16.7 Å². The number of nitrogens with zero attached hydrogens (tertiary/aromatic N) is 2. The Labute approximate surface area is 170 Å². The topological polar surface area (TPSA) is 112 Å². The molecule has 1 aromatic carbocycles. The number of rotatable bonds is 3. The van der Waals surface area contributed by atoms with Gasteiger partial charge < -0.3 is 15.0 Å². The van der Waals surface area contributed by atoms with Gasteiger partial charge >= 0.3 is 6.09 Å². The zero-order valence-electron chi connectivity index (χ0n) is 17.2. The molecule has 0 spiro atoms. The molecule has 0 aliphatic carbocycles. The number of hydrogen-bond acceptors (Lipinski definition) is 6. The number of ether oxygens (including phenoxy) is 1. The number of carbonyl (C=O) groups excluding carboxylic acids is 3. The molecule has 2 aliphatic heterocycles. The molecule has 1 atom stereocenters. The van der Waals surface area contributed by atoms with Gasteiger partial charge in [-0.1, -0.05) is 6.07 Å². The number of alkyl carbamates (subject to hydrolysis) is 1. The van der Waals surface area contributed by atoms with E-state index >= 15 is 0 Å². The molecule has 0 radical (unpaired) electrons. The zero-order chi connectivity index (χ0) is 21.4. The first kappa shape index (κ1) is 20.6. The Bertz CT molecular complexity index is 891. The van der Waals surface area contributed by atoms with Crippen LogP contribution in [-0.2, 0) is 14.3 Å². The van der Waals surface area contributed by atoms with Crippen molar-refractivity contribution in [2.24, 2.45) is 0 Å². The van der Waals surface area contributed by atoms with Crippen LogP contribution in [0, 0.1) is 11.3 Å². The molecule has 2 fully saturated rings. The van der Waals surface area contributed by atoms with E-state index in [1.165, 1.54) is 0 Å². The first-order chi connectivity index (χ1) is 13.5. The molecule has 1 unspecified atom stereocenters. The van der Waals surface area contributed by atoms with Gasteiger partial charge in [0.05, 0.1) is 22.7 Å². The molecular formula is C21H26N4O4. The molecule has 2 aliphatic rings. The van der Waals surface area contributed by atoms with Crippen molar-refractivity contribution in [3.8, 4) is 6.07 Å². The normalized spacial score (nSPS) is 20.9. The highest BCUT2D eigenvalue weighted by atomic mass is 16.6. The molecule has 0 bridgehead atoms. The van der Waals surface area contributed by atoms with Crippen LogP contribution in [-0.4, -0.2) is 42.1 Å². The van der Waals surface area contributed by atoms with Crippen molar-refractivity contribution >= 4 is 23.6 Å². The summed E-state index contributed by atoms with van der Waals surface area (Å²) in [5, 5.41) is 14.8. The van der Waals surface area contributed by atoms with Crippen molar-refractivity contribution < 1.29 is 19.1 Å². The van der Waals surface area contributed by atoms with Gasteiger partial charge in [0.1, 0.15) is 11.7 Å². The van der Waals surface area contributed by atoms with Crippen molar-refractivity contribution in [1.82, 2.24) is 10.6 Å². The fourth-order valence-electron chi connectivity index (χ4n) is 3.74. The van der Waals surface area contributed by atoms with Crippen LogP contribution in [0.4, 0.5) is 10.5 Å². The number of nitrogens with one attached hydrogen (secondary N) is 2. The monoisotopic (exact) mass is 398 g/mol. The predicted molar refractivity (Wildman–Crippen MR) is 106 cm³/mol.